The minimum atomic E-state index is 0.222. The van der Waals surface area contributed by atoms with Gasteiger partial charge in [-0.05, 0) is 19.4 Å². The number of benzene rings is 2. The van der Waals surface area contributed by atoms with Crippen molar-refractivity contribution < 1.29 is 5.11 Å². The zero-order valence-electron chi connectivity index (χ0n) is 15.4. The Balaban J connectivity index is 1.61. The van der Waals surface area contributed by atoms with Crippen molar-refractivity contribution in [3.8, 4) is 11.3 Å². The lowest BCUT2D eigenvalue weighted by Gasteiger charge is -2.18. The summed E-state index contributed by atoms with van der Waals surface area (Å²) in [4.78, 5) is 7.73. The van der Waals surface area contributed by atoms with Gasteiger partial charge < -0.3 is 10.0 Å². The van der Waals surface area contributed by atoms with Crippen LogP contribution in [0.25, 0.3) is 16.8 Å². The van der Waals surface area contributed by atoms with E-state index in [1.54, 1.807) is 0 Å². The quantitative estimate of drug-likeness (QED) is 0.660. The first-order chi connectivity index (χ1) is 13.0. The Morgan fingerprint density at radius 3 is 2.48 bits per heavy atom. The van der Waals surface area contributed by atoms with Crippen LogP contribution in [-0.4, -0.2) is 27.4 Å². The molecule has 0 radical (unpaired) electrons. The Bertz CT molecular complexity index is 1020. The van der Waals surface area contributed by atoms with Crippen LogP contribution in [0.5, 0.6) is 0 Å². The van der Waals surface area contributed by atoms with Gasteiger partial charge in [0.05, 0.1) is 17.8 Å². The van der Waals surface area contributed by atoms with E-state index in [9.17, 15) is 5.11 Å². The molecule has 0 aliphatic carbocycles. The summed E-state index contributed by atoms with van der Waals surface area (Å²) in [7, 11) is 0. The Hall–Kier alpha value is -2.92. The van der Waals surface area contributed by atoms with E-state index in [0.717, 1.165) is 21.7 Å². The summed E-state index contributed by atoms with van der Waals surface area (Å²) < 4.78 is 0. The van der Waals surface area contributed by atoms with Crippen LogP contribution in [0.15, 0.2) is 60.4 Å². The van der Waals surface area contributed by atoms with Crippen molar-refractivity contribution in [2.24, 2.45) is 0 Å². The molecule has 0 atom stereocenters. The Kier molecular flexibility index (Phi) is 4.54. The maximum atomic E-state index is 10.5. The van der Waals surface area contributed by atoms with Crippen molar-refractivity contribution in [1.82, 2.24) is 9.88 Å². The fourth-order valence-electron chi connectivity index (χ4n) is 3.28. The fourth-order valence-corrected chi connectivity index (χ4v) is 4.28. The van der Waals surface area contributed by atoms with Crippen LogP contribution in [0.4, 0.5) is 0 Å². The van der Waals surface area contributed by atoms with Gasteiger partial charge in [0.15, 0.2) is 0 Å². The standard InChI is InChI=1S/C22H21N3OS/c1-14-8-10-17(11-9-14)20-15(2)27-22(24-20)19-18(26)13-25(21(19)23)12-16-6-4-3-5-7-16/h3-11,23,26H,12-13H2,1-2H3. The average Bonchev–Trinajstić information content (AvgIpc) is 3.16. The van der Waals surface area contributed by atoms with E-state index in [4.69, 9.17) is 10.4 Å². The Morgan fingerprint density at radius 1 is 1.07 bits per heavy atom. The fraction of sp³-hybridized carbons (Fsp3) is 0.182. The van der Waals surface area contributed by atoms with Crippen molar-refractivity contribution in [2.75, 3.05) is 6.54 Å². The minimum Gasteiger partial charge on any atom is -0.510 e. The Labute approximate surface area is 163 Å². The highest BCUT2D eigenvalue weighted by Crippen LogP contribution is 2.35. The normalized spacial score (nSPS) is 14.3. The minimum absolute atomic E-state index is 0.222. The predicted molar refractivity (Wildman–Crippen MR) is 111 cm³/mol. The first kappa shape index (κ1) is 17.5. The monoisotopic (exact) mass is 375 g/mol. The summed E-state index contributed by atoms with van der Waals surface area (Å²) in [5, 5.41) is 19.8. The molecule has 0 bridgehead atoms. The first-order valence-electron chi connectivity index (χ1n) is 8.87. The number of aliphatic hydroxyl groups is 1. The largest absolute Gasteiger partial charge is 0.510 e. The molecule has 27 heavy (non-hydrogen) atoms. The summed E-state index contributed by atoms with van der Waals surface area (Å²) in [5.74, 6) is 0.556. The molecular weight excluding hydrogens is 354 g/mol. The number of rotatable bonds is 4. The first-order valence-corrected chi connectivity index (χ1v) is 9.69. The molecule has 0 unspecified atom stereocenters. The van der Waals surface area contributed by atoms with Crippen LogP contribution in [0, 0.1) is 19.3 Å². The van der Waals surface area contributed by atoms with Gasteiger partial charge in [0.1, 0.15) is 16.6 Å². The summed E-state index contributed by atoms with van der Waals surface area (Å²) in [6, 6.07) is 18.3. The smallest absolute Gasteiger partial charge is 0.135 e. The van der Waals surface area contributed by atoms with E-state index in [1.807, 2.05) is 42.2 Å². The molecule has 5 heteroatoms. The van der Waals surface area contributed by atoms with Gasteiger partial charge in [0, 0.05) is 17.0 Å². The molecule has 0 saturated heterocycles. The van der Waals surface area contributed by atoms with Crippen LogP contribution in [-0.2, 0) is 6.54 Å². The molecule has 0 saturated carbocycles. The Morgan fingerprint density at radius 2 is 1.78 bits per heavy atom. The molecule has 3 aromatic rings. The van der Waals surface area contributed by atoms with Gasteiger partial charge >= 0.3 is 0 Å². The van der Waals surface area contributed by atoms with Crippen LogP contribution < -0.4 is 0 Å². The van der Waals surface area contributed by atoms with E-state index in [1.165, 1.54) is 16.9 Å². The van der Waals surface area contributed by atoms with Gasteiger partial charge in [-0.2, -0.15) is 0 Å². The van der Waals surface area contributed by atoms with Gasteiger partial charge in [-0.15, -0.1) is 11.3 Å². The maximum Gasteiger partial charge on any atom is 0.135 e. The molecular formula is C22H21N3OS. The second-order valence-corrected chi connectivity index (χ2v) is 8.00. The van der Waals surface area contributed by atoms with Crippen molar-refractivity contribution in [2.45, 2.75) is 20.4 Å². The molecule has 4 rings (SSSR count). The van der Waals surface area contributed by atoms with E-state index >= 15 is 0 Å². The molecule has 0 amide bonds. The van der Waals surface area contributed by atoms with Gasteiger partial charge in [-0.25, -0.2) is 4.98 Å². The molecule has 1 aromatic heterocycles. The highest BCUT2D eigenvalue weighted by Gasteiger charge is 2.30. The van der Waals surface area contributed by atoms with Gasteiger partial charge in [0.2, 0.25) is 0 Å². The maximum absolute atomic E-state index is 10.5. The molecule has 2 aromatic carbocycles. The highest BCUT2D eigenvalue weighted by molar-refractivity contribution is 7.13. The summed E-state index contributed by atoms with van der Waals surface area (Å²) in [6.07, 6.45) is 0. The number of aromatic nitrogens is 1. The van der Waals surface area contributed by atoms with Crippen molar-refractivity contribution in [3.05, 3.63) is 81.4 Å². The number of thiazole rings is 1. The topological polar surface area (TPSA) is 60.2 Å². The zero-order valence-corrected chi connectivity index (χ0v) is 16.2. The zero-order chi connectivity index (χ0) is 19.0. The molecule has 1 aliphatic heterocycles. The van der Waals surface area contributed by atoms with Gasteiger partial charge in [-0.1, -0.05) is 60.2 Å². The number of hydrogen-bond donors (Lipinski definition) is 2. The summed E-state index contributed by atoms with van der Waals surface area (Å²) in [5.41, 5.74) is 4.86. The van der Waals surface area contributed by atoms with Crippen molar-refractivity contribution >= 4 is 22.7 Å². The third-order valence-corrected chi connectivity index (χ3v) is 5.72. The van der Waals surface area contributed by atoms with E-state index in [0.29, 0.717) is 29.5 Å². The van der Waals surface area contributed by atoms with Crippen LogP contribution in [0.3, 0.4) is 0 Å². The second-order valence-electron chi connectivity index (χ2n) is 6.80. The molecule has 4 nitrogen and oxygen atoms in total. The third kappa shape index (κ3) is 3.38. The number of aliphatic hydroxyl groups excluding tert-OH is 1. The number of hydrogen-bond acceptors (Lipinski definition) is 4. The molecule has 1 aliphatic rings. The van der Waals surface area contributed by atoms with Crippen LogP contribution in [0.1, 0.15) is 21.0 Å². The molecule has 2 heterocycles. The average molecular weight is 375 g/mol. The second kappa shape index (κ2) is 7.00. The molecule has 0 fully saturated rings. The van der Waals surface area contributed by atoms with Gasteiger partial charge in [0.25, 0.3) is 0 Å². The lowest BCUT2D eigenvalue weighted by atomic mass is 10.1. The molecule has 136 valence electrons. The molecule has 0 spiro atoms. The highest BCUT2D eigenvalue weighted by atomic mass is 32.1. The van der Waals surface area contributed by atoms with E-state index < -0.39 is 0 Å². The van der Waals surface area contributed by atoms with Crippen molar-refractivity contribution in [1.29, 1.82) is 5.41 Å². The number of aryl methyl sites for hydroxylation is 2. The van der Waals surface area contributed by atoms with Gasteiger partial charge in [-0.3, -0.25) is 5.41 Å². The van der Waals surface area contributed by atoms with Crippen LogP contribution >= 0.6 is 11.3 Å². The summed E-state index contributed by atoms with van der Waals surface area (Å²) >= 11 is 1.53. The van der Waals surface area contributed by atoms with Crippen molar-refractivity contribution in [3.63, 3.8) is 0 Å². The third-order valence-electron chi connectivity index (χ3n) is 4.73. The predicted octanol–water partition coefficient (Wildman–Crippen LogP) is 5.19. The van der Waals surface area contributed by atoms with E-state index in [-0.39, 0.29) is 5.76 Å². The van der Waals surface area contributed by atoms with Crippen LogP contribution in [0.2, 0.25) is 0 Å². The van der Waals surface area contributed by atoms with E-state index in [2.05, 4.69) is 31.2 Å². The lowest BCUT2D eigenvalue weighted by Crippen LogP contribution is -2.25. The SMILES string of the molecule is Cc1ccc(-c2nc(C3=C(O)CN(Cc4ccccc4)C3=N)sc2C)cc1. The lowest BCUT2D eigenvalue weighted by molar-refractivity contribution is 0.347. The number of nitrogens with one attached hydrogen (secondary N) is 1. The number of amidine groups is 1. The number of nitrogens with zero attached hydrogens (tertiary/aromatic N) is 2. The molecule has 2 N–H and O–H groups in total. The summed E-state index contributed by atoms with van der Waals surface area (Å²) in [6.45, 7) is 5.05.